The van der Waals surface area contributed by atoms with Crippen molar-refractivity contribution in [1.82, 2.24) is 10.3 Å². The number of aromatic nitrogens is 1. The molecule has 8 heteroatoms. The van der Waals surface area contributed by atoms with Gasteiger partial charge in [0.1, 0.15) is 0 Å². The maximum atomic E-state index is 12.6. The van der Waals surface area contributed by atoms with Crippen LogP contribution in [-0.4, -0.2) is 33.9 Å². The summed E-state index contributed by atoms with van der Waals surface area (Å²) in [6, 6.07) is 7.53. The van der Waals surface area contributed by atoms with Gasteiger partial charge in [-0.05, 0) is 56.0 Å². The van der Waals surface area contributed by atoms with Crippen molar-refractivity contribution in [1.29, 1.82) is 0 Å². The zero-order valence-electron chi connectivity index (χ0n) is 14.5. The topological polar surface area (TPSA) is 111 Å². The Hall–Kier alpha value is -2.80. The van der Waals surface area contributed by atoms with E-state index in [0.717, 1.165) is 0 Å². The van der Waals surface area contributed by atoms with E-state index >= 15 is 0 Å². The van der Waals surface area contributed by atoms with Gasteiger partial charge in [0.25, 0.3) is 0 Å². The summed E-state index contributed by atoms with van der Waals surface area (Å²) in [5.74, 6) is -1.40. The van der Waals surface area contributed by atoms with Gasteiger partial charge in [-0.25, -0.2) is 4.79 Å². The van der Waals surface area contributed by atoms with Crippen molar-refractivity contribution in [2.24, 2.45) is 5.92 Å². The van der Waals surface area contributed by atoms with Crippen LogP contribution in [0.1, 0.15) is 41.7 Å². The van der Waals surface area contributed by atoms with Crippen LogP contribution in [0.25, 0.3) is 0 Å². The third-order valence-corrected chi connectivity index (χ3v) is 4.96. The number of hydrogen-bond acceptors (Lipinski definition) is 3. The van der Waals surface area contributed by atoms with Gasteiger partial charge >= 0.3 is 12.0 Å². The number of benzene rings is 1. The number of amides is 2. The number of nitrogens with one attached hydrogen (secondary N) is 3. The monoisotopic (exact) mass is 389 g/mol. The van der Waals surface area contributed by atoms with Crippen molar-refractivity contribution in [2.75, 3.05) is 5.32 Å². The van der Waals surface area contributed by atoms with Gasteiger partial charge in [0.05, 0.1) is 17.3 Å². The molecule has 1 saturated carbocycles. The molecule has 0 atom stereocenters. The second-order valence-corrected chi connectivity index (χ2v) is 7.02. The molecule has 1 aromatic heterocycles. The number of carboxylic acid groups (broad SMARTS) is 1. The number of H-pyrrole nitrogens is 1. The van der Waals surface area contributed by atoms with E-state index in [0.29, 0.717) is 42.1 Å². The average molecular weight is 390 g/mol. The molecule has 1 fully saturated rings. The number of ketones is 1. The number of halogens is 1. The van der Waals surface area contributed by atoms with Gasteiger partial charge in [-0.3, -0.25) is 9.59 Å². The highest BCUT2D eigenvalue weighted by atomic mass is 35.5. The van der Waals surface area contributed by atoms with E-state index < -0.39 is 12.0 Å². The minimum Gasteiger partial charge on any atom is -0.481 e. The number of anilines is 1. The number of carboxylic acids is 1. The molecule has 1 aliphatic rings. The molecule has 0 radical (unpaired) electrons. The zero-order valence-corrected chi connectivity index (χ0v) is 15.3. The number of aromatic amines is 1. The van der Waals surface area contributed by atoms with Crippen molar-refractivity contribution < 1.29 is 19.5 Å². The molecule has 1 aliphatic carbocycles. The van der Waals surface area contributed by atoms with E-state index in [-0.39, 0.29) is 23.3 Å². The van der Waals surface area contributed by atoms with E-state index in [1.807, 2.05) is 0 Å². The number of rotatable bonds is 5. The van der Waals surface area contributed by atoms with Crippen LogP contribution in [0.15, 0.2) is 36.5 Å². The zero-order chi connectivity index (χ0) is 19.4. The van der Waals surface area contributed by atoms with Crippen LogP contribution in [0.3, 0.4) is 0 Å². The predicted molar refractivity (Wildman–Crippen MR) is 101 cm³/mol. The number of carbonyl (C=O) groups excluding carboxylic acids is 2. The first-order valence-electron chi connectivity index (χ1n) is 8.72. The molecule has 2 aromatic rings. The fraction of sp³-hybridized carbons (Fsp3) is 0.316. The van der Waals surface area contributed by atoms with Crippen molar-refractivity contribution in [2.45, 2.75) is 31.7 Å². The summed E-state index contributed by atoms with van der Waals surface area (Å²) >= 11 is 6.01. The molecule has 2 amide bonds. The third-order valence-electron chi connectivity index (χ3n) is 4.73. The predicted octanol–water partition coefficient (Wildman–Crippen LogP) is 3.66. The quantitative estimate of drug-likeness (QED) is 0.584. The molecule has 1 aromatic carbocycles. The highest BCUT2D eigenvalue weighted by molar-refractivity contribution is 6.31. The van der Waals surface area contributed by atoms with Crippen molar-refractivity contribution in [3.8, 4) is 0 Å². The summed E-state index contributed by atoms with van der Waals surface area (Å²) < 4.78 is 0. The molecule has 7 nitrogen and oxygen atoms in total. The molecular formula is C19H20ClN3O4. The largest absolute Gasteiger partial charge is 0.481 e. The number of aliphatic carboxylic acids is 1. The first kappa shape index (κ1) is 19.0. The second-order valence-electron chi connectivity index (χ2n) is 6.59. The summed E-state index contributed by atoms with van der Waals surface area (Å²) in [5, 5.41) is 15.0. The van der Waals surface area contributed by atoms with Gasteiger partial charge in [0.2, 0.25) is 5.78 Å². The smallest absolute Gasteiger partial charge is 0.319 e. The Balaban J connectivity index is 1.66. The molecule has 0 unspecified atom stereocenters. The molecule has 0 spiro atoms. The summed E-state index contributed by atoms with van der Waals surface area (Å²) in [6.07, 6.45) is 3.94. The van der Waals surface area contributed by atoms with Crippen molar-refractivity contribution in [3.05, 3.63) is 52.8 Å². The Morgan fingerprint density at radius 1 is 1.11 bits per heavy atom. The van der Waals surface area contributed by atoms with Crippen LogP contribution < -0.4 is 10.6 Å². The maximum absolute atomic E-state index is 12.6. The lowest BCUT2D eigenvalue weighted by Crippen LogP contribution is -2.41. The highest BCUT2D eigenvalue weighted by Gasteiger charge is 2.27. The average Bonchev–Trinajstić information content (AvgIpc) is 3.17. The molecule has 4 N–H and O–H groups in total. The normalized spacial score (nSPS) is 19.3. The lowest BCUT2D eigenvalue weighted by atomic mass is 9.86. The van der Waals surface area contributed by atoms with Gasteiger partial charge in [-0.15, -0.1) is 0 Å². The first-order valence-corrected chi connectivity index (χ1v) is 9.10. The minimum absolute atomic E-state index is 0.0875. The highest BCUT2D eigenvalue weighted by Crippen LogP contribution is 2.26. The molecule has 0 bridgehead atoms. The van der Waals surface area contributed by atoms with Gasteiger partial charge in [-0.1, -0.05) is 11.6 Å². The molecule has 0 saturated heterocycles. The Morgan fingerprint density at radius 3 is 2.48 bits per heavy atom. The summed E-state index contributed by atoms with van der Waals surface area (Å²) in [4.78, 5) is 38.8. The standard InChI is InChI=1S/C19H20ClN3O4/c20-12-5-8-15(14(10-12)17(24)16-2-1-9-21-16)23-19(27)22-13-6-3-11(4-7-13)18(25)26/h1-2,5,8-11,13,21H,3-4,6-7H2,(H,25,26)(H2,22,23,27). The Bertz CT molecular complexity index is 843. The number of carbonyl (C=O) groups is 3. The van der Waals surface area contributed by atoms with Gasteiger partial charge in [0.15, 0.2) is 0 Å². The van der Waals surface area contributed by atoms with Gasteiger partial charge in [-0.2, -0.15) is 0 Å². The molecule has 0 aliphatic heterocycles. The third kappa shape index (κ3) is 4.68. The summed E-state index contributed by atoms with van der Waals surface area (Å²) in [5.41, 5.74) is 1.04. The van der Waals surface area contributed by atoms with Crippen LogP contribution in [-0.2, 0) is 4.79 Å². The lowest BCUT2D eigenvalue weighted by molar-refractivity contribution is -0.142. The van der Waals surface area contributed by atoms with Crippen LogP contribution in [0, 0.1) is 5.92 Å². The SMILES string of the molecule is O=C(Nc1ccc(Cl)cc1C(=O)c1ccc[nH]1)NC1CCC(C(=O)O)CC1. The van der Waals surface area contributed by atoms with E-state index in [2.05, 4.69) is 15.6 Å². The Kier molecular flexibility index (Phi) is 5.81. The minimum atomic E-state index is -0.786. The van der Waals surface area contributed by atoms with E-state index in [1.165, 1.54) is 6.07 Å². The van der Waals surface area contributed by atoms with Crippen LogP contribution in [0.2, 0.25) is 5.02 Å². The Morgan fingerprint density at radius 2 is 1.85 bits per heavy atom. The van der Waals surface area contributed by atoms with E-state index in [4.69, 9.17) is 16.7 Å². The van der Waals surface area contributed by atoms with Gasteiger partial charge < -0.3 is 20.7 Å². The van der Waals surface area contributed by atoms with Crippen LogP contribution in [0.5, 0.6) is 0 Å². The fourth-order valence-electron chi connectivity index (χ4n) is 3.26. The molecule has 1 heterocycles. The van der Waals surface area contributed by atoms with Gasteiger partial charge in [0, 0.05) is 22.8 Å². The van der Waals surface area contributed by atoms with E-state index in [1.54, 1.807) is 30.5 Å². The molecule has 142 valence electrons. The van der Waals surface area contributed by atoms with Crippen molar-refractivity contribution in [3.63, 3.8) is 0 Å². The summed E-state index contributed by atoms with van der Waals surface area (Å²) in [7, 11) is 0. The maximum Gasteiger partial charge on any atom is 0.319 e. The van der Waals surface area contributed by atoms with Crippen molar-refractivity contribution >= 4 is 35.1 Å². The fourth-order valence-corrected chi connectivity index (χ4v) is 3.43. The van der Waals surface area contributed by atoms with Crippen LogP contribution >= 0.6 is 11.6 Å². The number of hydrogen-bond donors (Lipinski definition) is 4. The Labute approximate surface area is 161 Å². The van der Waals surface area contributed by atoms with Crippen LogP contribution in [0.4, 0.5) is 10.5 Å². The first-order chi connectivity index (χ1) is 12.9. The lowest BCUT2D eigenvalue weighted by Gasteiger charge is -2.27. The molecule has 27 heavy (non-hydrogen) atoms. The molecule has 3 rings (SSSR count). The van der Waals surface area contributed by atoms with E-state index in [9.17, 15) is 14.4 Å². The second kappa shape index (κ2) is 8.26. The number of urea groups is 1. The summed E-state index contributed by atoms with van der Waals surface area (Å²) in [6.45, 7) is 0. The molecular weight excluding hydrogens is 370 g/mol.